The molecule has 1 N–H and O–H groups in total. The number of halogens is 1. The lowest BCUT2D eigenvalue weighted by Crippen LogP contribution is -2.50. The van der Waals surface area contributed by atoms with Gasteiger partial charge in [-0.2, -0.15) is 0 Å². The van der Waals surface area contributed by atoms with Gasteiger partial charge in [0.25, 0.3) is 0 Å². The van der Waals surface area contributed by atoms with Crippen molar-refractivity contribution in [2.24, 2.45) is 0 Å². The van der Waals surface area contributed by atoms with Gasteiger partial charge in [0, 0.05) is 28.9 Å². The number of nitrogens with one attached hydrogen (secondary N) is 1. The summed E-state index contributed by atoms with van der Waals surface area (Å²) < 4.78 is 0. The van der Waals surface area contributed by atoms with Crippen LogP contribution in [0.15, 0.2) is 53.4 Å². The summed E-state index contributed by atoms with van der Waals surface area (Å²) in [6, 6.07) is 15.4. The molecule has 32 heavy (non-hydrogen) atoms. The Balaban J connectivity index is 2.07. The standard InChI is InChI=1S/C26H35ClN2O2S/c1-5-20(4)28-26(31)24(6-2)29(18-21-11-8-7-10-19(21)3)25(30)12-9-17-32-23-15-13-22(27)14-16-23/h7-8,10-11,13-16,20,24H,5-6,9,12,17-18H2,1-4H3,(H,28,31)/t20-,24+/m0/s1. The predicted molar refractivity (Wildman–Crippen MR) is 135 cm³/mol. The van der Waals surface area contributed by atoms with E-state index in [2.05, 4.69) is 5.32 Å². The van der Waals surface area contributed by atoms with Crippen molar-refractivity contribution in [3.8, 4) is 0 Å². The first kappa shape index (κ1) is 26.3. The van der Waals surface area contributed by atoms with Crippen molar-refractivity contribution in [2.45, 2.75) is 76.9 Å². The largest absolute Gasteiger partial charge is 0.352 e. The van der Waals surface area contributed by atoms with Gasteiger partial charge >= 0.3 is 0 Å². The Morgan fingerprint density at radius 1 is 1.06 bits per heavy atom. The van der Waals surface area contributed by atoms with E-state index in [9.17, 15) is 9.59 Å². The van der Waals surface area contributed by atoms with E-state index >= 15 is 0 Å². The third-order valence-corrected chi connectivity index (χ3v) is 6.96. The Morgan fingerprint density at radius 3 is 2.38 bits per heavy atom. The van der Waals surface area contributed by atoms with Crippen LogP contribution in [-0.2, 0) is 16.1 Å². The lowest BCUT2D eigenvalue weighted by molar-refractivity contribution is -0.141. The maximum atomic E-state index is 13.3. The molecule has 0 fully saturated rings. The van der Waals surface area contributed by atoms with Crippen LogP contribution in [0.1, 0.15) is 57.6 Å². The first-order chi connectivity index (χ1) is 15.3. The number of thioether (sulfide) groups is 1. The molecule has 0 radical (unpaired) electrons. The molecule has 4 nitrogen and oxygen atoms in total. The molecule has 0 spiro atoms. The van der Waals surface area contributed by atoms with Gasteiger partial charge in [0.2, 0.25) is 11.8 Å². The van der Waals surface area contributed by atoms with Gasteiger partial charge in [0.15, 0.2) is 0 Å². The zero-order chi connectivity index (χ0) is 23.5. The van der Waals surface area contributed by atoms with Crippen LogP contribution in [0.3, 0.4) is 0 Å². The molecule has 0 aliphatic carbocycles. The zero-order valence-corrected chi connectivity index (χ0v) is 21.1. The maximum Gasteiger partial charge on any atom is 0.243 e. The second-order valence-electron chi connectivity index (χ2n) is 8.10. The molecule has 0 saturated heterocycles. The number of carbonyl (C=O) groups excluding carboxylic acids is 2. The van der Waals surface area contributed by atoms with Crippen molar-refractivity contribution in [2.75, 3.05) is 5.75 Å². The van der Waals surface area contributed by atoms with Crippen LogP contribution in [0.4, 0.5) is 0 Å². The van der Waals surface area contributed by atoms with Crippen LogP contribution in [0, 0.1) is 6.92 Å². The van der Waals surface area contributed by atoms with Crippen molar-refractivity contribution >= 4 is 35.2 Å². The molecule has 0 saturated carbocycles. The molecule has 2 aromatic carbocycles. The van der Waals surface area contributed by atoms with Gasteiger partial charge < -0.3 is 10.2 Å². The Bertz CT molecular complexity index is 872. The molecule has 2 rings (SSSR count). The van der Waals surface area contributed by atoms with Crippen LogP contribution >= 0.6 is 23.4 Å². The Labute approximate surface area is 202 Å². The molecule has 2 amide bonds. The average Bonchev–Trinajstić information content (AvgIpc) is 2.78. The molecular formula is C26H35ClN2O2S. The highest BCUT2D eigenvalue weighted by atomic mass is 35.5. The minimum Gasteiger partial charge on any atom is -0.352 e. The summed E-state index contributed by atoms with van der Waals surface area (Å²) in [7, 11) is 0. The average molecular weight is 475 g/mol. The molecule has 6 heteroatoms. The molecule has 2 atom stereocenters. The van der Waals surface area contributed by atoms with Crippen molar-refractivity contribution in [3.63, 3.8) is 0 Å². The Morgan fingerprint density at radius 2 is 1.75 bits per heavy atom. The van der Waals surface area contributed by atoms with E-state index in [1.54, 1.807) is 16.7 Å². The Kier molecular flexibility index (Phi) is 11.1. The van der Waals surface area contributed by atoms with Gasteiger partial charge in [0.1, 0.15) is 6.04 Å². The number of aryl methyl sites for hydroxylation is 1. The summed E-state index contributed by atoms with van der Waals surface area (Å²) in [4.78, 5) is 29.2. The maximum absolute atomic E-state index is 13.3. The smallest absolute Gasteiger partial charge is 0.243 e. The fourth-order valence-corrected chi connectivity index (χ4v) is 4.40. The van der Waals surface area contributed by atoms with E-state index < -0.39 is 6.04 Å². The van der Waals surface area contributed by atoms with Crippen molar-refractivity contribution in [3.05, 3.63) is 64.7 Å². The topological polar surface area (TPSA) is 49.4 Å². The number of benzene rings is 2. The summed E-state index contributed by atoms with van der Waals surface area (Å²) in [6.07, 6.45) is 2.61. The fraction of sp³-hybridized carbons (Fsp3) is 0.462. The second-order valence-corrected chi connectivity index (χ2v) is 9.70. The molecule has 0 aliphatic heterocycles. The summed E-state index contributed by atoms with van der Waals surface area (Å²) in [5, 5.41) is 3.78. The second kappa shape index (κ2) is 13.5. The summed E-state index contributed by atoms with van der Waals surface area (Å²) in [5.74, 6) is 0.789. The Hall–Kier alpha value is -1.98. The van der Waals surface area contributed by atoms with Gasteiger partial charge in [-0.1, -0.05) is 49.7 Å². The van der Waals surface area contributed by atoms with E-state index in [1.807, 2.05) is 76.2 Å². The number of carbonyl (C=O) groups is 2. The molecule has 2 aromatic rings. The first-order valence-corrected chi connectivity index (χ1v) is 12.7. The number of hydrogen-bond donors (Lipinski definition) is 1. The van der Waals surface area contributed by atoms with Crippen molar-refractivity contribution < 1.29 is 9.59 Å². The van der Waals surface area contributed by atoms with Gasteiger partial charge in [-0.25, -0.2) is 0 Å². The van der Waals surface area contributed by atoms with Gasteiger partial charge in [-0.3, -0.25) is 9.59 Å². The van der Waals surface area contributed by atoms with E-state index in [0.29, 0.717) is 19.4 Å². The van der Waals surface area contributed by atoms with E-state index in [4.69, 9.17) is 11.6 Å². The first-order valence-electron chi connectivity index (χ1n) is 11.4. The third kappa shape index (κ3) is 8.18. The van der Waals surface area contributed by atoms with E-state index in [0.717, 1.165) is 39.6 Å². The van der Waals surface area contributed by atoms with E-state index in [-0.39, 0.29) is 17.9 Å². The third-order valence-electron chi connectivity index (χ3n) is 5.61. The van der Waals surface area contributed by atoms with Crippen molar-refractivity contribution in [1.29, 1.82) is 0 Å². The van der Waals surface area contributed by atoms with Crippen molar-refractivity contribution in [1.82, 2.24) is 10.2 Å². The minimum atomic E-state index is -0.472. The monoisotopic (exact) mass is 474 g/mol. The van der Waals surface area contributed by atoms with Crippen LogP contribution in [-0.4, -0.2) is 34.6 Å². The number of rotatable bonds is 12. The van der Waals surface area contributed by atoms with E-state index in [1.165, 1.54) is 0 Å². The van der Waals surface area contributed by atoms with Gasteiger partial charge in [0.05, 0.1) is 0 Å². The molecule has 0 heterocycles. The SMILES string of the molecule is CC[C@H](C(=O)N[C@@H](C)CC)N(Cc1ccccc1C)C(=O)CCCSc1ccc(Cl)cc1. The molecule has 0 bridgehead atoms. The van der Waals surface area contributed by atoms with Crippen LogP contribution in [0.25, 0.3) is 0 Å². The fourth-order valence-electron chi connectivity index (χ4n) is 3.42. The molecule has 0 aliphatic rings. The highest BCUT2D eigenvalue weighted by Gasteiger charge is 2.29. The molecule has 0 aromatic heterocycles. The minimum absolute atomic E-state index is 0.0242. The van der Waals surface area contributed by atoms with Crippen LogP contribution < -0.4 is 5.32 Å². The number of amides is 2. The van der Waals surface area contributed by atoms with Crippen LogP contribution in [0.5, 0.6) is 0 Å². The molecule has 0 unspecified atom stereocenters. The summed E-state index contributed by atoms with van der Waals surface area (Å²) >= 11 is 7.66. The molecule has 174 valence electrons. The summed E-state index contributed by atoms with van der Waals surface area (Å²) in [5.41, 5.74) is 2.20. The van der Waals surface area contributed by atoms with Crippen LogP contribution in [0.2, 0.25) is 5.02 Å². The quantitative estimate of drug-likeness (QED) is 0.292. The lowest BCUT2D eigenvalue weighted by Gasteiger charge is -2.32. The normalized spacial score (nSPS) is 12.8. The van der Waals surface area contributed by atoms with Gasteiger partial charge in [-0.05, 0) is 74.3 Å². The number of hydrogen-bond acceptors (Lipinski definition) is 3. The highest BCUT2D eigenvalue weighted by molar-refractivity contribution is 7.99. The number of nitrogens with zero attached hydrogens (tertiary/aromatic N) is 1. The van der Waals surface area contributed by atoms with Gasteiger partial charge in [-0.15, -0.1) is 11.8 Å². The lowest BCUT2D eigenvalue weighted by atomic mass is 10.0. The zero-order valence-electron chi connectivity index (χ0n) is 19.6. The highest BCUT2D eigenvalue weighted by Crippen LogP contribution is 2.22. The predicted octanol–water partition coefficient (Wildman–Crippen LogP) is 6.24. The summed E-state index contributed by atoms with van der Waals surface area (Å²) in [6.45, 7) is 8.49. The molecular weight excluding hydrogens is 440 g/mol.